The Bertz CT molecular complexity index is 3450. The van der Waals surface area contributed by atoms with Gasteiger partial charge in [-0.25, -0.2) is 19.9 Å². The van der Waals surface area contributed by atoms with Gasteiger partial charge in [0.2, 0.25) is 0 Å². The first-order valence-electron chi connectivity index (χ1n) is 19.2. The summed E-state index contributed by atoms with van der Waals surface area (Å²) < 4.78 is 2.07. The second-order valence-electron chi connectivity index (χ2n) is 14.6. The van der Waals surface area contributed by atoms with Crippen LogP contribution < -0.4 is 0 Å². The second kappa shape index (κ2) is 12.4. The van der Waals surface area contributed by atoms with Crippen LogP contribution in [0.3, 0.4) is 0 Å². The minimum Gasteiger partial charge on any atom is -0.284 e. The van der Waals surface area contributed by atoms with Crippen LogP contribution >= 0.6 is 0 Å². The van der Waals surface area contributed by atoms with Crippen molar-refractivity contribution in [1.29, 1.82) is 0 Å². The van der Waals surface area contributed by atoms with E-state index in [0.29, 0.717) is 5.82 Å². The zero-order valence-corrected chi connectivity index (χ0v) is 30.6. The van der Waals surface area contributed by atoms with Crippen LogP contribution in [0, 0.1) is 0 Å². The minimum atomic E-state index is 0.691. The van der Waals surface area contributed by atoms with E-state index < -0.39 is 0 Å². The molecule has 0 bridgehead atoms. The third kappa shape index (κ3) is 4.96. The molecule has 0 aliphatic rings. The van der Waals surface area contributed by atoms with Gasteiger partial charge >= 0.3 is 0 Å². The van der Waals surface area contributed by atoms with Gasteiger partial charge in [-0.2, -0.15) is 0 Å². The lowest BCUT2D eigenvalue weighted by molar-refractivity contribution is 1.19. The smallest absolute Gasteiger partial charge is 0.165 e. The van der Waals surface area contributed by atoms with Gasteiger partial charge in [0.05, 0.1) is 17.1 Å². The average Bonchev–Trinajstić information content (AvgIpc) is 3.67. The van der Waals surface area contributed by atoms with E-state index in [-0.39, 0.29) is 0 Å². The van der Waals surface area contributed by atoms with Gasteiger partial charge in [0, 0.05) is 39.2 Å². The fourth-order valence-electron chi connectivity index (χ4n) is 8.71. The third-order valence-electron chi connectivity index (χ3n) is 11.4. The van der Waals surface area contributed by atoms with Crippen LogP contribution in [0.5, 0.6) is 0 Å². The van der Waals surface area contributed by atoms with E-state index in [1.54, 1.807) is 0 Å². The Kier molecular flexibility index (Phi) is 6.86. The maximum atomic E-state index is 5.43. The number of fused-ring (bicyclic) bond motifs is 11. The monoisotopic (exact) mass is 725 g/mol. The molecule has 5 heteroatoms. The van der Waals surface area contributed by atoms with Gasteiger partial charge in [0.1, 0.15) is 11.2 Å². The molecule has 4 aromatic heterocycles. The van der Waals surface area contributed by atoms with Crippen LogP contribution in [0.4, 0.5) is 0 Å². The quantitative estimate of drug-likeness (QED) is 0.170. The molecule has 0 aliphatic carbocycles. The van der Waals surface area contributed by atoms with Gasteiger partial charge in [-0.05, 0) is 73.4 Å². The van der Waals surface area contributed by atoms with Gasteiger partial charge in [0.15, 0.2) is 11.5 Å². The van der Waals surface area contributed by atoms with Crippen molar-refractivity contribution in [1.82, 2.24) is 24.3 Å². The van der Waals surface area contributed by atoms with E-state index in [2.05, 4.69) is 168 Å². The maximum Gasteiger partial charge on any atom is 0.165 e. The zero-order valence-electron chi connectivity index (χ0n) is 30.6. The molecule has 57 heavy (non-hydrogen) atoms. The molecule has 0 saturated heterocycles. The molecule has 8 aromatic carbocycles. The van der Waals surface area contributed by atoms with Crippen molar-refractivity contribution in [3.8, 4) is 45.2 Å². The third-order valence-corrected chi connectivity index (χ3v) is 11.4. The molecule has 0 saturated carbocycles. The fourth-order valence-corrected chi connectivity index (χ4v) is 8.71. The van der Waals surface area contributed by atoms with E-state index in [1.165, 1.54) is 26.9 Å². The summed E-state index contributed by atoms with van der Waals surface area (Å²) in [6, 6.07) is 64.2. The molecule has 12 rings (SSSR count). The summed E-state index contributed by atoms with van der Waals surface area (Å²) in [4.78, 5) is 21.0. The normalized spacial score (nSPS) is 11.9. The molecule has 0 radical (unpaired) electrons. The average molecular weight is 726 g/mol. The molecule has 0 atom stereocenters. The van der Waals surface area contributed by atoms with Gasteiger partial charge in [-0.3, -0.25) is 4.40 Å². The van der Waals surface area contributed by atoms with Crippen LogP contribution in [0.2, 0.25) is 0 Å². The first-order chi connectivity index (χ1) is 28.2. The van der Waals surface area contributed by atoms with Crippen LogP contribution in [-0.2, 0) is 0 Å². The van der Waals surface area contributed by atoms with Crippen LogP contribution in [0.25, 0.3) is 116 Å². The largest absolute Gasteiger partial charge is 0.284 e. The van der Waals surface area contributed by atoms with E-state index in [0.717, 1.165) is 83.1 Å². The number of hydrogen-bond donors (Lipinski definition) is 0. The standard InChI is InChI=1S/C52H31N5/c1-3-15-36-34(13-1)29-44(40-19-7-5-17-38(36)40)47-31-46(53-51(54-47)45-30-35-14-2-4-16-37(35)39-18-6-8-20-41(39)45)32-24-26-33(27-25-32)49-42-21-9-10-22-43(42)50-52(56-49)57-28-12-11-23-48(57)55-50/h1-31H. The molecule has 4 heterocycles. The molecular formula is C52H31N5. The lowest BCUT2D eigenvalue weighted by atomic mass is 9.94. The fraction of sp³-hybridized carbons (Fsp3) is 0. The lowest BCUT2D eigenvalue weighted by Gasteiger charge is -2.15. The first-order valence-corrected chi connectivity index (χ1v) is 19.2. The van der Waals surface area contributed by atoms with Gasteiger partial charge < -0.3 is 0 Å². The molecule has 0 N–H and O–H groups in total. The van der Waals surface area contributed by atoms with Crippen molar-refractivity contribution >= 4 is 70.7 Å². The number of imidazole rings is 1. The summed E-state index contributed by atoms with van der Waals surface area (Å²) in [5, 5.41) is 11.6. The van der Waals surface area contributed by atoms with E-state index in [9.17, 15) is 0 Å². The van der Waals surface area contributed by atoms with Crippen molar-refractivity contribution < 1.29 is 0 Å². The lowest BCUT2D eigenvalue weighted by Crippen LogP contribution is -1.98. The molecule has 264 valence electrons. The summed E-state index contributed by atoms with van der Waals surface area (Å²) in [5.41, 5.74) is 9.39. The number of nitrogens with zero attached hydrogens (tertiary/aromatic N) is 5. The molecule has 0 fully saturated rings. The van der Waals surface area contributed by atoms with E-state index in [1.807, 2.05) is 24.4 Å². The number of hydrogen-bond acceptors (Lipinski definition) is 4. The highest BCUT2D eigenvalue weighted by Gasteiger charge is 2.19. The predicted molar refractivity (Wildman–Crippen MR) is 235 cm³/mol. The minimum absolute atomic E-state index is 0.691. The number of pyridine rings is 2. The van der Waals surface area contributed by atoms with Crippen molar-refractivity contribution in [2.75, 3.05) is 0 Å². The molecule has 0 aliphatic heterocycles. The summed E-state index contributed by atoms with van der Waals surface area (Å²) in [5.74, 6) is 0.691. The van der Waals surface area contributed by atoms with Gasteiger partial charge in [-0.15, -0.1) is 0 Å². The molecule has 0 amide bonds. The van der Waals surface area contributed by atoms with Crippen LogP contribution in [-0.4, -0.2) is 24.3 Å². The number of benzene rings is 8. The summed E-state index contributed by atoms with van der Waals surface area (Å²) in [6.07, 6.45) is 2.03. The summed E-state index contributed by atoms with van der Waals surface area (Å²) >= 11 is 0. The zero-order chi connectivity index (χ0) is 37.5. The highest BCUT2D eigenvalue weighted by Crippen LogP contribution is 2.40. The Morgan fingerprint density at radius 1 is 0.351 bits per heavy atom. The van der Waals surface area contributed by atoms with E-state index in [4.69, 9.17) is 19.9 Å². The summed E-state index contributed by atoms with van der Waals surface area (Å²) in [7, 11) is 0. The molecule has 12 aromatic rings. The van der Waals surface area contributed by atoms with Crippen LogP contribution in [0.15, 0.2) is 188 Å². The Morgan fingerprint density at radius 3 is 1.58 bits per heavy atom. The molecule has 0 spiro atoms. The van der Waals surface area contributed by atoms with Crippen molar-refractivity contribution in [3.05, 3.63) is 188 Å². The Hall–Kier alpha value is -7.76. The number of rotatable bonds is 4. The predicted octanol–water partition coefficient (Wildman–Crippen LogP) is 13.1. The Morgan fingerprint density at radius 2 is 0.877 bits per heavy atom. The first kappa shape index (κ1) is 31.6. The van der Waals surface area contributed by atoms with Crippen LogP contribution in [0.1, 0.15) is 0 Å². The van der Waals surface area contributed by atoms with Gasteiger partial charge in [0.25, 0.3) is 0 Å². The second-order valence-corrected chi connectivity index (χ2v) is 14.6. The highest BCUT2D eigenvalue weighted by atomic mass is 15.1. The molecule has 5 nitrogen and oxygen atoms in total. The van der Waals surface area contributed by atoms with Crippen molar-refractivity contribution in [2.24, 2.45) is 0 Å². The van der Waals surface area contributed by atoms with Crippen molar-refractivity contribution in [2.45, 2.75) is 0 Å². The van der Waals surface area contributed by atoms with Crippen molar-refractivity contribution in [3.63, 3.8) is 0 Å². The Balaban J connectivity index is 1.09. The van der Waals surface area contributed by atoms with Gasteiger partial charge in [-0.1, -0.05) is 152 Å². The topological polar surface area (TPSA) is 56.0 Å². The molecular weight excluding hydrogens is 695 g/mol. The highest BCUT2D eigenvalue weighted by molar-refractivity contribution is 6.15. The summed E-state index contributed by atoms with van der Waals surface area (Å²) in [6.45, 7) is 0. The maximum absolute atomic E-state index is 5.43. The Labute approximate surface area is 327 Å². The number of aromatic nitrogens is 5. The van der Waals surface area contributed by atoms with E-state index >= 15 is 0 Å². The SMILES string of the molecule is c1ccc2c(c1)cc(-c1cc(-c3ccc(-c4nc5c(nc6ccccn65)c5ccccc45)cc3)nc(-c3cc4ccccc4c4ccccc34)n1)c1ccccc12. The molecule has 0 unspecified atom stereocenters.